The molecule has 0 saturated carbocycles. The summed E-state index contributed by atoms with van der Waals surface area (Å²) in [5, 5.41) is 8.45. The van der Waals surface area contributed by atoms with Crippen molar-refractivity contribution in [3.8, 4) is 5.69 Å². The Balaban J connectivity index is 1.66. The second kappa shape index (κ2) is 5.86. The fourth-order valence-corrected chi connectivity index (χ4v) is 3.73. The Bertz CT molecular complexity index is 647. The van der Waals surface area contributed by atoms with Crippen LogP contribution in [0.3, 0.4) is 0 Å². The zero-order valence-electron chi connectivity index (χ0n) is 13.3. The summed E-state index contributed by atoms with van der Waals surface area (Å²) >= 11 is 0. The van der Waals surface area contributed by atoms with E-state index < -0.39 is 0 Å². The van der Waals surface area contributed by atoms with Gasteiger partial charge < -0.3 is 5.32 Å². The third-order valence-electron chi connectivity index (χ3n) is 5.01. The first-order chi connectivity index (χ1) is 10.8. The minimum atomic E-state index is 0.590. The highest BCUT2D eigenvalue weighted by Gasteiger charge is 2.26. The minimum Gasteiger partial charge on any atom is -0.314 e. The topological polar surface area (TPSA) is 33.1 Å². The fraction of sp³-hybridized carbons (Fsp3) is 0.500. The third kappa shape index (κ3) is 2.46. The lowest BCUT2D eigenvalue weighted by atomic mass is 10.1. The van der Waals surface area contributed by atoms with Crippen LogP contribution in [0, 0.1) is 0 Å². The van der Waals surface area contributed by atoms with Gasteiger partial charge in [0.2, 0.25) is 0 Å². The molecule has 4 rings (SSSR count). The van der Waals surface area contributed by atoms with E-state index in [1.54, 1.807) is 0 Å². The number of benzene rings is 1. The zero-order chi connectivity index (χ0) is 14.9. The molecule has 1 aromatic carbocycles. The molecule has 0 amide bonds. The molecule has 4 nitrogen and oxygen atoms in total. The standard InChI is InChI=1S/C18H24N4/c1-14-12-19-10-11-21(14)13-17-16-8-5-9-18(16)22(20-17)15-6-3-2-4-7-15/h2-4,6-7,14,19H,5,8-13H2,1H3/t14-/m0/s1. The van der Waals surface area contributed by atoms with Crippen molar-refractivity contribution in [3.63, 3.8) is 0 Å². The summed E-state index contributed by atoms with van der Waals surface area (Å²) in [5.74, 6) is 0. The molecule has 4 heteroatoms. The van der Waals surface area contributed by atoms with E-state index in [4.69, 9.17) is 5.10 Å². The molecule has 1 aliphatic heterocycles. The highest BCUT2D eigenvalue weighted by atomic mass is 15.3. The summed E-state index contributed by atoms with van der Waals surface area (Å²) in [6, 6.07) is 11.2. The number of hydrogen-bond acceptors (Lipinski definition) is 3. The van der Waals surface area contributed by atoms with Gasteiger partial charge in [-0.2, -0.15) is 5.10 Å². The number of rotatable bonds is 3. The van der Waals surface area contributed by atoms with E-state index in [0.29, 0.717) is 6.04 Å². The number of hydrogen-bond donors (Lipinski definition) is 1. The lowest BCUT2D eigenvalue weighted by Gasteiger charge is -2.33. The summed E-state index contributed by atoms with van der Waals surface area (Å²) in [6.07, 6.45) is 3.62. The van der Waals surface area contributed by atoms with Gasteiger partial charge in [-0.15, -0.1) is 0 Å². The van der Waals surface area contributed by atoms with E-state index in [2.05, 4.69) is 52.2 Å². The van der Waals surface area contributed by atoms with Crippen LogP contribution in [0.4, 0.5) is 0 Å². The van der Waals surface area contributed by atoms with E-state index in [1.165, 1.54) is 35.5 Å². The van der Waals surface area contributed by atoms with Crippen LogP contribution in [0.25, 0.3) is 5.69 Å². The number of aromatic nitrogens is 2. The van der Waals surface area contributed by atoms with Gasteiger partial charge in [-0.25, -0.2) is 4.68 Å². The van der Waals surface area contributed by atoms with Crippen molar-refractivity contribution >= 4 is 0 Å². The van der Waals surface area contributed by atoms with Crippen molar-refractivity contribution in [3.05, 3.63) is 47.3 Å². The molecule has 1 fully saturated rings. The van der Waals surface area contributed by atoms with Crippen molar-refractivity contribution in [2.24, 2.45) is 0 Å². The predicted molar refractivity (Wildman–Crippen MR) is 88.3 cm³/mol. The van der Waals surface area contributed by atoms with Crippen LogP contribution in [-0.4, -0.2) is 40.4 Å². The third-order valence-corrected chi connectivity index (χ3v) is 5.01. The molecule has 1 saturated heterocycles. The van der Waals surface area contributed by atoms with Gasteiger partial charge in [0.1, 0.15) is 0 Å². The van der Waals surface area contributed by atoms with E-state index in [-0.39, 0.29) is 0 Å². The Labute approximate surface area is 132 Å². The fourth-order valence-electron chi connectivity index (χ4n) is 3.73. The highest BCUT2D eigenvalue weighted by Crippen LogP contribution is 2.28. The second-order valence-corrected chi connectivity index (χ2v) is 6.50. The van der Waals surface area contributed by atoms with Crippen LogP contribution >= 0.6 is 0 Å². The summed E-state index contributed by atoms with van der Waals surface area (Å²) in [6.45, 7) is 6.59. The molecular formula is C18H24N4. The van der Waals surface area contributed by atoms with Crippen molar-refractivity contribution in [2.45, 2.75) is 38.8 Å². The largest absolute Gasteiger partial charge is 0.314 e. The Morgan fingerprint density at radius 1 is 1.23 bits per heavy atom. The maximum absolute atomic E-state index is 4.99. The van der Waals surface area contributed by atoms with Crippen LogP contribution in [0.5, 0.6) is 0 Å². The molecule has 0 bridgehead atoms. The van der Waals surface area contributed by atoms with E-state index in [1.807, 2.05) is 0 Å². The highest BCUT2D eigenvalue weighted by molar-refractivity contribution is 5.39. The molecule has 2 aliphatic rings. The smallest absolute Gasteiger partial charge is 0.0804 e. The van der Waals surface area contributed by atoms with Crippen LogP contribution in [0.15, 0.2) is 30.3 Å². The Morgan fingerprint density at radius 3 is 2.91 bits per heavy atom. The number of nitrogens with one attached hydrogen (secondary N) is 1. The monoisotopic (exact) mass is 296 g/mol. The van der Waals surface area contributed by atoms with Gasteiger partial charge in [0.25, 0.3) is 0 Å². The number of piperazine rings is 1. The average Bonchev–Trinajstić information content (AvgIpc) is 3.14. The quantitative estimate of drug-likeness (QED) is 0.942. The first kappa shape index (κ1) is 14.0. The summed E-state index contributed by atoms with van der Waals surface area (Å²) in [5.41, 5.74) is 5.43. The second-order valence-electron chi connectivity index (χ2n) is 6.50. The van der Waals surface area contributed by atoms with Crippen molar-refractivity contribution < 1.29 is 0 Å². The lowest BCUT2D eigenvalue weighted by molar-refractivity contribution is 0.163. The van der Waals surface area contributed by atoms with Crippen LogP contribution in [0.1, 0.15) is 30.3 Å². The van der Waals surface area contributed by atoms with Gasteiger partial charge in [0.15, 0.2) is 0 Å². The van der Waals surface area contributed by atoms with Gasteiger partial charge >= 0.3 is 0 Å². The molecule has 0 radical (unpaired) electrons. The zero-order valence-corrected chi connectivity index (χ0v) is 13.3. The maximum Gasteiger partial charge on any atom is 0.0804 e. The van der Waals surface area contributed by atoms with Gasteiger partial charge in [-0.3, -0.25) is 4.90 Å². The molecule has 116 valence electrons. The molecule has 0 unspecified atom stereocenters. The van der Waals surface area contributed by atoms with Crippen LogP contribution in [0.2, 0.25) is 0 Å². The Kier molecular flexibility index (Phi) is 3.72. The molecular weight excluding hydrogens is 272 g/mol. The van der Waals surface area contributed by atoms with Gasteiger partial charge in [-0.1, -0.05) is 18.2 Å². The minimum absolute atomic E-state index is 0.590. The lowest BCUT2D eigenvalue weighted by Crippen LogP contribution is -2.49. The van der Waals surface area contributed by atoms with Crippen molar-refractivity contribution in [1.29, 1.82) is 0 Å². The van der Waals surface area contributed by atoms with E-state index in [0.717, 1.165) is 32.6 Å². The molecule has 22 heavy (non-hydrogen) atoms. The maximum atomic E-state index is 4.99. The van der Waals surface area contributed by atoms with Crippen LogP contribution in [-0.2, 0) is 19.4 Å². The molecule has 1 aliphatic carbocycles. The molecule has 0 spiro atoms. The summed E-state index contributed by atoms with van der Waals surface area (Å²) < 4.78 is 2.19. The summed E-state index contributed by atoms with van der Waals surface area (Å²) in [4.78, 5) is 2.56. The van der Waals surface area contributed by atoms with E-state index >= 15 is 0 Å². The van der Waals surface area contributed by atoms with Gasteiger partial charge in [0.05, 0.1) is 11.4 Å². The summed E-state index contributed by atoms with van der Waals surface area (Å²) in [7, 11) is 0. The molecule has 1 aromatic heterocycles. The van der Waals surface area contributed by atoms with Crippen molar-refractivity contribution in [1.82, 2.24) is 20.0 Å². The number of nitrogens with zero attached hydrogens (tertiary/aromatic N) is 3. The van der Waals surface area contributed by atoms with Gasteiger partial charge in [0, 0.05) is 37.9 Å². The number of fused-ring (bicyclic) bond motifs is 1. The predicted octanol–water partition coefficient (Wildman–Crippen LogP) is 2.15. The van der Waals surface area contributed by atoms with Crippen molar-refractivity contribution in [2.75, 3.05) is 19.6 Å². The first-order valence-corrected chi connectivity index (χ1v) is 8.43. The molecule has 2 heterocycles. The average molecular weight is 296 g/mol. The Morgan fingerprint density at radius 2 is 2.09 bits per heavy atom. The van der Waals surface area contributed by atoms with Gasteiger partial charge in [-0.05, 0) is 43.9 Å². The Hall–Kier alpha value is -1.65. The molecule has 1 atom stereocenters. The SMILES string of the molecule is C[C@H]1CNCCN1Cc1nn(-c2ccccc2)c2c1CCC2. The molecule has 2 aromatic rings. The van der Waals surface area contributed by atoms with Crippen LogP contribution < -0.4 is 5.32 Å². The molecule has 1 N–H and O–H groups in total. The normalized spacial score (nSPS) is 22.0. The number of para-hydroxylation sites is 1. The first-order valence-electron chi connectivity index (χ1n) is 8.43. The van der Waals surface area contributed by atoms with E-state index in [9.17, 15) is 0 Å².